The summed E-state index contributed by atoms with van der Waals surface area (Å²) >= 11 is 0. The number of pyridine rings is 1. The molecule has 1 aromatic heterocycles. The van der Waals surface area contributed by atoms with E-state index in [1.807, 2.05) is 0 Å². The molecule has 0 bridgehead atoms. The normalized spacial score (nSPS) is 21.0. The van der Waals surface area contributed by atoms with Crippen LogP contribution in [0.5, 0.6) is 0 Å². The summed E-state index contributed by atoms with van der Waals surface area (Å²) < 4.78 is 39.9. The number of hydrogen-bond donors (Lipinski definition) is 2. The maximum Gasteiger partial charge on any atom is 0.272 e. The van der Waals surface area contributed by atoms with E-state index in [0.717, 1.165) is 0 Å². The predicted molar refractivity (Wildman–Crippen MR) is 77.2 cm³/mol. The summed E-state index contributed by atoms with van der Waals surface area (Å²) in [4.78, 5) is 13.9. The Hall–Kier alpha value is -2.15. The number of aromatic amines is 1. The van der Waals surface area contributed by atoms with Crippen LogP contribution in [0, 0.1) is 5.82 Å². The molecule has 2 aromatic rings. The minimum Gasteiger partial charge on any atom is -0.327 e. The first kappa shape index (κ1) is 13.8. The van der Waals surface area contributed by atoms with E-state index in [1.165, 1.54) is 30.5 Å². The Kier molecular flexibility index (Phi) is 3.29. The standard InChI is InChI=1S/C14H13FN2O3S/c15-10-4-1-3-9(7-10)11-8-13(11)21(19,20)17-12-5-2-6-16-14(12)18/h1-7,11,13,17H,8H2,(H,16,18). The van der Waals surface area contributed by atoms with Crippen molar-refractivity contribution in [2.24, 2.45) is 0 Å². The van der Waals surface area contributed by atoms with E-state index in [2.05, 4.69) is 9.71 Å². The van der Waals surface area contributed by atoms with Crippen LogP contribution in [-0.2, 0) is 10.0 Å². The van der Waals surface area contributed by atoms with Gasteiger partial charge in [0, 0.05) is 12.1 Å². The minimum absolute atomic E-state index is 0.0117. The lowest BCUT2D eigenvalue weighted by atomic mass is 10.1. The number of anilines is 1. The average Bonchev–Trinajstić information content (AvgIpc) is 3.22. The molecule has 0 radical (unpaired) electrons. The van der Waals surface area contributed by atoms with Gasteiger partial charge in [-0.3, -0.25) is 9.52 Å². The lowest BCUT2D eigenvalue weighted by Crippen LogP contribution is -2.23. The Labute approximate surface area is 120 Å². The molecule has 1 aromatic carbocycles. The average molecular weight is 308 g/mol. The Morgan fingerprint density at radius 1 is 1.24 bits per heavy atom. The molecule has 1 saturated carbocycles. The van der Waals surface area contributed by atoms with Crippen LogP contribution >= 0.6 is 0 Å². The summed E-state index contributed by atoms with van der Waals surface area (Å²) in [6.45, 7) is 0. The van der Waals surface area contributed by atoms with Crippen LogP contribution in [0.1, 0.15) is 17.9 Å². The molecule has 2 N–H and O–H groups in total. The second-order valence-electron chi connectivity index (χ2n) is 5.00. The Balaban J connectivity index is 1.79. The molecule has 1 aliphatic rings. The van der Waals surface area contributed by atoms with Crippen LogP contribution in [-0.4, -0.2) is 18.7 Å². The van der Waals surface area contributed by atoms with Crippen LogP contribution in [0.25, 0.3) is 0 Å². The number of H-pyrrole nitrogens is 1. The first-order valence-electron chi connectivity index (χ1n) is 6.42. The lowest BCUT2D eigenvalue weighted by Gasteiger charge is -2.07. The smallest absolute Gasteiger partial charge is 0.272 e. The van der Waals surface area contributed by atoms with Crippen molar-refractivity contribution in [3.05, 3.63) is 64.3 Å². The van der Waals surface area contributed by atoms with Crippen molar-refractivity contribution in [3.63, 3.8) is 0 Å². The summed E-state index contributed by atoms with van der Waals surface area (Å²) in [5.41, 5.74) is 0.152. The molecule has 2 unspecified atom stereocenters. The van der Waals surface area contributed by atoms with Crippen molar-refractivity contribution in [2.75, 3.05) is 4.72 Å². The summed E-state index contributed by atoms with van der Waals surface area (Å²) in [6.07, 6.45) is 1.84. The van der Waals surface area contributed by atoms with Crippen molar-refractivity contribution in [1.82, 2.24) is 4.98 Å². The molecular formula is C14H13FN2O3S. The zero-order valence-corrected chi connectivity index (χ0v) is 11.7. The van der Waals surface area contributed by atoms with E-state index in [9.17, 15) is 17.6 Å². The molecule has 1 heterocycles. The van der Waals surface area contributed by atoms with Crippen LogP contribution in [0.15, 0.2) is 47.4 Å². The molecule has 0 saturated heterocycles. The van der Waals surface area contributed by atoms with Gasteiger partial charge >= 0.3 is 0 Å². The molecule has 21 heavy (non-hydrogen) atoms. The number of aromatic nitrogens is 1. The van der Waals surface area contributed by atoms with Crippen molar-refractivity contribution in [2.45, 2.75) is 17.6 Å². The summed E-state index contributed by atoms with van der Waals surface area (Å²) in [5, 5.41) is -0.640. The molecule has 5 nitrogen and oxygen atoms in total. The Morgan fingerprint density at radius 2 is 2.05 bits per heavy atom. The number of rotatable bonds is 4. The van der Waals surface area contributed by atoms with Crippen LogP contribution in [0.3, 0.4) is 0 Å². The number of nitrogens with one attached hydrogen (secondary N) is 2. The third-order valence-electron chi connectivity index (χ3n) is 3.48. The molecule has 0 amide bonds. The molecule has 2 atom stereocenters. The largest absolute Gasteiger partial charge is 0.327 e. The van der Waals surface area contributed by atoms with Gasteiger partial charge in [0.05, 0.1) is 5.25 Å². The topological polar surface area (TPSA) is 79.0 Å². The van der Waals surface area contributed by atoms with Gasteiger partial charge in [-0.2, -0.15) is 0 Å². The molecule has 3 rings (SSSR count). The monoisotopic (exact) mass is 308 g/mol. The van der Waals surface area contributed by atoms with Crippen LogP contribution < -0.4 is 10.3 Å². The minimum atomic E-state index is -3.67. The van der Waals surface area contributed by atoms with E-state index in [4.69, 9.17) is 0 Å². The summed E-state index contributed by atoms with van der Waals surface area (Å²) in [5.74, 6) is -0.621. The Bertz CT molecular complexity index is 832. The van der Waals surface area contributed by atoms with E-state index in [1.54, 1.807) is 12.1 Å². The van der Waals surface area contributed by atoms with Crippen molar-refractivity contribution in [3.8, 4) is 0 Å². The zero-order chi connectivity index (χ0) is 15.0. The first-order chi connectivity index (χ1) is 9.97. The van der Waals surface area contributed by atoms with E-state index in [0.29, 0.717) is 12.0 Å². The molecular weight excluding hydrogens is 295 g/mol. The second-order valence-corrected chi connectivity index (χ2v) is 6.90. The molecule has 0 aliphatic heterocycles. The summed E-state index contributed by atoms with van der Waals surface area (Å²) in [6, 6.07) is 8.86. The highest BCUT2D eigenvalue weighted by Gasteiger charge is 2.48. The number of benzene rings is 1. The van der Waals surface area contributed by atoms with Gasteiger partial charge < -0.3 is 4.98 Å². The van der Waals surface area contributed by atoms with E-state index in [-0.39, 0.29) is 17.4 Å². The van der Waals surface area contributed by atoms with Gasteiger partial charge in [0.2, 0.25) is 10.0 Å². The van der Waals surface area contributed by atoms with Gasteiger partial charge in [-0.05, 0) is 36.2 Å². The molecule has 110 valence electrons. The third-order valence-corrected chi connectivity index (χ3v) is 5.30. The van der Waals surface area contributed by atoms with Gasteiger partial charge in [-0.1, -0.05) is 12.1 Å². The summed E-state index contributed by atoms with van der Waals surface area (Å²) in [7, 11) is -3.67. The van der Waals surface area contributed by atoms with Crippen molar-refractivity contribution >= 4 is 15.7 Å². The second kappa shape index (κ2) is 5.00. The lowest BCUT2D eigenvalue weighted by molar-refractivity contribution is 0.598. The van der Waals surface area contributed by atoms with E-state index >= 15 is 0 Å². The van der Waals surface area contributed by atoms with Crippen molar-refractivity contribution in [1.29, 1.82) is 0 Å². The van der Waals surface area contributed by atoms with E-state index < -0.39 is 20.8 Å². The Morgan fingerprint density at radius 3 is 2.76 bits per heavy atom. The van der Waals surface area contributed by atoms with Gasteiger partial charge in [-0.25, -0.2) is 12.8 Å². The molecule has 0 spiro atoms. The van der Waals surface area contributed by atoms with Crippen LogP contribution in [0.2, 0.25) is 0 Å². The fraction of sp³-hybridized carbons (Fsp3) is 0.214. The highest BCUT2D eigenvalue weighted by molar-refractivity contribution is 7.93. The fourth-order valence-corrected chi connectivity index (χ4v) is 4.00. The number of sulfonamides is 1. The SMILES string of the molecule is O=c1[nH]cccc1NS(=O)(=O)C1CC1c1cccc(F)c1. The van der Waals surface area contributed by atoms with Gasteiger partial charge in [-0.15, -0.1) is 0 Å². The predicted octanol–water partition coefficient (Wildman–Crippen LogP) is 1.81. The van der Waals surface area contributed by atoms with Crippen molar-refractivity contribution < 1.29 is 12.8 Å². The molecule has 1 aliphatic carbocycles. The maximum absolute atomic E-state index is 13.2. The maximum atomic E-state index is 13.2. The first-order valence-corrected chi connectivity index (χ1v) is 7.97. The highest BCUT2D eigenvalue weighted by atomic mass is 32.2. The van der Waals surface area contributed by atoms with Gasteiger partial charge in [0.15, 0.2) is 0 Å². The fourth-order valence-electron chi connectivity index (χ4n) is 2.33. The quantitative estimate of drug-likeness (QED) is 0.904. The van der Waals surface area contributed by atoms with Gasteiger partial charge in [0.1, 0.15) is 11.5 Å². The highest BCUT2D eigenvalue weighted by Crippen LogP contribution is 2.46. The number of halogens is 1. The number of hydrogen-bond acceptors (Lipinski definition) is 3. The zero-order valence-electron chi connectivity index (χ0n) is 10.9. The molecule has 7 heteroatoms. The molecule has 1 fully saturated rings. The third kappa shape index (κ3) is 2.82. The van der Waals surface area contributed by atoms with Crippen LogP contribution in [0.4, 0.5) is 10.1 Å². The van der Waals surface area contributed by atoms with Gasteiger partial charge in [0.25, 0.3) is 5.56 Å².